The average Bonchev–Trinajstić information content (AvgIpc) is 2.85. The van der Waals surface area contributed by atoms with Gasteiger partial charge in [0.05, 0.1) is 27.8 Å². The maximum Gasteiger partial charge on any atom is 0.494 e. The zero-order valence-corrected chi connectivity index (χ0v) is 49.2. The van der Waals surface area contributed by atoms with Gasteiger partial charge in [-0.05, 0) is 137 Å². The van der Waals surface area contributed by atoms with E-state index in [9.17, 15) is 26.3 Å². The molecule has 6 aromatic carbocycles. The Labute approximate surface area is 505 Å². The standard InChI is InChI=1S/2C18H12F2N6.C15H19BN2O2.C9H5BrF2N4/c2*1-9-13-6-10(2-5-15(13)23-8-22-9)16-17(24-18(21)26-25-16)12-4-3-11(19)7-14(12)20;1-10-12-8-11(6-7-13(12)18-9-17-10)16-19-14(2,3)15(4,5)20-16;10-8-7(14-9(13)16-15-8)5-2-1-4(11)3-6(5)12/h2*2-8H,1H3,(H2,21,24,26);6-9H,1-5H3;1-3H,(H2,13,14,16). The Hall–Kier alpha value is -10.2. The van der Waals surface area contributed by atoms with Crippen LogP contribution >= 0.6 is 15.9 Å². The average molecular weight is 1260 g/mol. The number of nitrogens with two attached hydrogens (primary N) is 3. The van der Waals surface area contributed by atoms with Gasteiger partial charge in [0, 0.05) is 79.3 Å². The minimum absolute atomic E-state index is 0.0816. The van der Waals surface area contributed by atoms with Crippen LogP contribution in [0.4, 0.5) is 44.2 Å². The fraction of sp³-hybridized carbons (Fsp3) is 0.150. The summed E-state index contributed by atoms with van der Waals surface area (Å²) in [4.78, 5) is 37.4. The highest BCUT2D eigenvalue weighted by Crippen LogP contribution is 2.38. The number of hydrogen-bond acceptors (Lipinski definition) is 20. The summed E-state index contributed by atoms with van der Waals surface area (Å²) in [5, 5.41) is 25.6. The Morgan fingerprint density at radius 2 is 0.750 bits per heavy atom. The Morgan fingerprint density at radius 1 is 0.398 bits per heavy atom. The summed E-state index contributed by atoms with van der Waals surface area (Å²) in [5.41, 5.74) is 24.8. The summed E-state index contributed by atoms with van der Waals surface area (Å²) >= 11 is 3.07. The number of fused-ring (bicyclic) bond motifs is 3. The molecule has 1 saturated heterocycles. The molecular formula is C60H48BBrF6N18O2. The highest BCUT2D eigenvalue weighted by Gasteiger charge is 2.51. The number of aromatic nitrogens is 15. The fourth-order valence-electron chi connectivity index (χ4n) is 8.98. The van der Waals surface area contributed by atoms with Gasteiger partial charge < -0.3 is 26.5 Å². The third-order valence-corrected chi connectivity index (χ3v) is 14.8. The molecule has 12 aromatic rings. The van der Waals surface area contributed by atoms with Crippen LogP contribution in [-0.4, -0.2) is 93.8 Å². The molecule has 0 aliphatic carbocycles. The van der Waals surface area contributed by atoms with Crippen LogP contribution in [-0.2, 0) is 9.31 Å². The van der Waals surface area contributed by atoms with Crippen molar-refractivity contribution in [2.45, 2.75) is 59.7 Å². The second-order valence-corrected chi connectivity index (χ2v) is 21.4. The second-order valence-electron chi connectivity index (χ2n) is 20.6. The molecule has 0 saturated carbocycles. The Balaban J connectivity index is 0.000000132. The van der Waals surface area contributed by atoms with Crippen LogP contribution < -0.4 is 22.7 Å². The minimum Gasteiger partial charge on any atom is -0.399 e. The van der Waals surface area contributed by atoms with E-state index in [1.165, 1.54) is 30.9 Å². The number of anilines is 3. The van der Waals surface area contributed by atoms with Gasteiger partial charge in [-0.15, -0.1) is 30.6 Å². The zero-order valence-electron chi connectivity index (χ0n) is 47.6. The topological polar surface area (TPSA) is 290 Å². The summed E-state index contributed by atoms with van der Waals surface area (Å²) in [7, 11) is -0.344. The van der Waals surface area contributed by atoms with E-state index in [2.05, 4.69) is 125 Å². The zero-order chi connectivity index (χ0) is 62.8. The number of benzene rings is 6. The van der Waals surface area contributed by atoms with Gasteiger partial charge in [-0.2, -0.15) is 0 Å². The second kappa shape index (κ2) is 25.0. The lowest BCUT2D eigenvalue weighted by Crippen LogP contribution is -2.41. The molecule has 13 rings (SSSR count). The van der Waals surface area contributed by atoms with Crippen LogP contribution in [0.5, 0.6) is 0 Å². The molecule has 20 nitrogen and oxygen atoms in total. The van der Waals surface area contributed by atoms with Gasteiger partial charge in [-0.25, -0.2) is 71.2 Å². The van der Waals surface area contributed by atoms with E-state index in [-0.39, 0.29) is 74.5 Å². The minimum atomic E-state index is -0.758. The van der Waals surface area contributed by atoms with Crippen LogP contribution in [0.25, 0.3) is 89.0 Å². The van der Waals surface area contributed by atoms with Crippen LogP contribution in [0.2, 0.25) is 0 Å². The van der Waals surface area contributed by atoms with E-state index in [1.807, 2.05) is 57.2 Å². The van der Waals surface area contributed by atoms with E-state index >= 15 is 0 Å². The van der Waals surface area contributed by atoms with Gasteiger partial charge in [0.2, 0.25) is 17.8 Å². The van der Waals surface area contributed by atoms with Crippen molar-refractivity contribution in [2.75, 3.05) is 17.2 Å². The first-order valence-electron chi connectivity index (χ1n) is 26.5. The molecule has 88 heavy (non-hydrogen) atoms. The Kier molecular flexibility index (Phi) is 17.3. The largest absolute Gasteiger partial charge is 0.494 e. The summed E-state index contributed by atoms with van der Waals surface area (Å²) in [6.07, 6.45) is 4.56. The van der Waals surface area contributed by atoms with Crippen LogP contribution in [0.1, 0.15) is 44.8 Å². The summed E-state index contributed by atoms with van der Waals surface area (Å²) < 4.78 is 93.7. The molecule has 7 heterocycles. The van der Waals surface area contributed by atoms with E-state index < -0.39 is 34.9 Å². The molecule has 1 aliphatic rings. The van der Waals surface area contributed by atoms with E-state index in [4.69, 9.17) is 26.5 Å². The molecular weight excluding hydrogens is 1210 g/mol. The van der Waals surface area contributed by atoms with Gasteiger partial charge in [0.25, 0.3) is 0 Å². The number of halogens is 7. The number of nitrogens with zero attached hydrogens (tertiary/aromatic N) is 15. The lowest BCUT2D eigenvalue weighted by molar-refractivity contribution is 0.00578. The van der Waals surface area contributed by atoms with E-state index in [0.29, 0.717) is 22.5 Å². The summed E-state index contributed by atoms with van der Waals surface area (Å²) in [5.74, 6) is -4.56. The van der Waals surface area contributed by atoms with Crippen molar-refractivity contribution in [1.82, 2.24) is 75.4 Å². The first-order chi connectivity index (χ1) is 41.9. The van der Waals surface area contributed by atoms with Gasteiger partial charge in [-0.3, -0.25) is 0 Å². The van der Waals surface area contributed by atoms with Crippen molar-refractivity contribution in [3.8, 4) is 56.3 Å². The highest BCUT2D eigenvalue weighted by atomic mass is 79.9. The lowest BCUT2D eigenvalue weighted by atomic mass is 9.78. The van der Waals surface area contributed by atoms with Crippen LogP contribution in [0, 0.1) is 55.7 Å². The first-order valence-corrected chi connectivity index (χ1v) is 27.3. The molecule has 1 fully saturated rings. The van der Waals surface area contributed by atoms with Crippen molar-refractivity contribution < 1.29 is 35.7 Å². The van der Waals surface area contributed by atoms with Gasteiger partial charge in [0.15, 0.2) is 4.60 Å². The number of aryl methyl sites for hydroxylation is 3. The van der Waals surface area contributed by atoms with Gasteiger partial charge >= 0.3 is 7.12 Å². The summed E-state index contributed by atoms with van der Waals surface area (Å²) in [6.45, 7) is 13.9. The highest BCUT2D eigenvalue weighted by molar-refractivity contribution is 9.10. The molecule has 0 bridgehead atoms. The normalized spacial score (nSPS) is 13.1. The van der Waals surface area contributed by atoms with E-state index in [0.717, 1.165) is 91.7 Å². The molecule has 0 spiro atoms. The van der Waals surface area contributed by atoms with Crippen LogP contribution in [0.3, 0.4) is 0 Å². The van der Waals surface area contributed by atoms with Crippen molar-refractivity contribution in [1.29, 1.82) is 0 Å². The molecule has 0 amide bonds. The molecule has 442 valence electrons. The fourth-order valence-corrected chi connectivity index (χ4v) is 9.36. The smallest absolute Gasteiger partial charge is 0.399 e. The van der Waals surface area contributed by atoms with Crippen molar-refractivity contribution in [3.05, 3.63) is 185 Å². The third kappa shape index (κ3) is 13.1. The maximum atomic E-state index is 14.3. The molecule has 0 unspecified atom stereocenters. The molecule has 0 radical (unpaired) electrons. The van der Waals surface area contributed by atoms with E-state index in [1.54, 1.807) is 18.5 Å². The number of hydrogen-bond donors (Lipinski definition) is 3. The predicted octanol–water partition coefficient (Wildman–Crippen LogP) is 11.0. The molecule has 0 atom stereocenters. The van der Waals surface area contributed by atoms with Crippen molar-refractivity contribution >= 4 is 79.1 Å². The quantitative estimate of drug-likeness (QED) is 0.103. The molecule has 6 aromatic heterocycles. The Bertz CT molecular complexity index is 4460. The number of nitrogen functional groups attached to an aromatic ring is 3. The third-order valence-electron chi connectivity index (χ3n) is 14.2. The van der Waals surface area contributed by atoms with Crippen molar-refractivity contribution in [2.24, 2.45) is 0 Å². The molecule has 28 heteroatoms. The molecule has 1 aliphatic heterocycles. The van der Waals surface area contributed by atoms with Crippen molar-refractivity contribution in [3.63, 3.8) is 0 Å². The molecule has 6 N–H and O–H groups in total. The predicted molar refractivity (Wildman–Crippen MR) is 323 cm³/mol. The monoisotopic (exact) mass is 1260 g/mol. The summed E-state index contributed by atoms with van der Waals surface area (Å²) in [6, 6.07) is 26.5. The van der Waals surface area contributed by atoms with Gasteiger partial charge in [0.1, 0.15) is 82.4 Å². The Morgan fingerprint density at radius 3 is 1.15 bits per heavy atom. The van der Waals surface area contributed by atoms with Crippen LogP contribution in [0.15, 0.2) is 133 Å². The lowest BCUT2D eigenvalue weighted by Gasteiger charge is -2.32. The maximum absolute atomic E-state index is 14.3. The van der Waals surface area contributed by atoms with Gasteiger partial charge in [-0.1, -0.05) is 24.3 Å². The number of rotatable bonds is 6. The first kappa shape index (κ1) is 60.9. The SMILES string of the molecule is Cc1ncnc2ccc(-c3nnc(N)nc3-c3ccc(F)cc3F)cc12.Cc1ncnc2ccc(-c3nnc(N)nc3-c3ccc(F)cc3F)cc12.Cc1ncnc2ccc(B3OC(C)(C)C(C)(C)O3)cc12.Nc1nnc(Br)c(-c2ccc(F)cc2F)n1.